The van der Waals surface area contributed by atoms with Gasteiger partial charge < -0.3 is 14.4 Å². The van der Waals surface area contributed by atoms with Gasteiger partial charge >= 0.3 is 0 Å². The van der Waals surface area contributed by atoms with E-state index in [1.807, 2.05) is 12.3 Å². The number of rotatable bonds is 7. The number of methoxy groups -OCH3 is 1. The SMILES string of the molecule is C#CCOc1ccc(CN2CCCC(c3ccnc(N4CCCCC4)n3)C2)cc1OC. The fourth-order valence-electron chi connectivity index (χ4n) is 4.58. The van der Waals surface area contributed by atoms with Crippen LogP contribution in [-0.2, 0) is 6.54 Å². The predicted octanol–water partition coefficient (Wildman–Crippen LogP) is 3.87. The Bertz CT molecular complexity index is 905. The summed E-state index contributed by atoms with van der Waals surface area (Å²) in [6.07, 6.45) is 13.4. The molecule has 0 aliphatic carbocycles. The monoisotopic (exact) mass is 420 g/mol. The van der Waals surface area contributed by atoms with Crippen molar-refractivity contribution in [1.29, 1.82) is 0 Å². The first kappa shape index (κ1) is 21.5. The Balaban J connectivity index is 1.41. The van der Waals surface area contributed by atoms with Crippen LogP contribution < -0.4 is 14.4 Å². The molecule has 164 valence electrons. The molecule has 2 aliphatic rings. The van der Waals surface area contributed by atoms with E-state index in [1.54, 1.807) is 7.11 Å². The average molecular weight is 421 g/mol. The Morgan fingerprint density at radius 2 is 1.97 bits per heavy atom. The molecule has 6 heteroatoms. The van der Waals surface area contributed by atoms with Crippen LogP contribution in [0.3, 0.4) is 0 Å². The highest BCUT2D eigenvalue weighted by molar-refractivity contribution is 5.43. The normalized spacial score (nSPS) is 19.6. The van der Waals surface area contributed by atoms with Crippen LogP contribution in [0, 0.1) is 12.3 Å². The Morgan fingerprint density at radius 1 is 1.10 bits per heavy atom. The Hall–Kier alpha value is -2.78. The molecule has 1 aromatic heterocycles. The number of nitrogens with zero attached hydrogens (tertiary/aromatic N) is 4. The molecule has 1 aromatic carbocycles. The number of hydrogen-bond acceptors (Lipinski definition) is 6. The quantitative estimate of drug-likeness (QED) is 0.634. The van der Waals surface area contributed by atoms with Gasteiger partial charge in [-0.2, -0.15) is 0 Å². The van der Waals surface area contributed by atoms with Crippen molar-refractivity contribution in [2.75, 3.05) is 44.8 Å². The third-order valence-corrected chi connectivity index (χ3v) is 6.17. The number of piperidine rings is 2. The largest absolute Gasteiger partial charge is 0.493 e. The van der Waals surface area contributed by atoms with Crippen LogP contribution in [-0.4, -0.2) is 54.8 Å². The Labute approximate surface area is 185 Å². The number of anilines is 1. The van der Waals surface area contributed by atoms with Crippen LogP contribution in [0.4, 0.5) is 5.95 Å². The summed E-state index contributed by atoms with van der Waals surface area (Å²) < 4.78 is 11.1. The number of hydrogen-bond donors (Lipinski definition) is 0. The Kier molecular flexibility index (Phi) is 7.26. The summed E-state index contributed by atoms with van der Waals surface area (Å²) in [5.41, 5.74) is 2.39. The summed E-state index contributed by atoms with van der Waals surface area (Å²) in [4.78, 5) is 14.4. The minimum absolute atomic E-state index is 0.238. The maximum Gasteiger partial charge on any atom is 0.225 e. The fraction of sp³-hybridized carbons (Fsp3) is 0.520. The molecule has 1 unspecified atom stereocenters. The van der Waals surface area contributed by atoms with E-state index in [4.69, 9.17) is 20.9 Å². The first-order valence-corrected chi connectivity index (χ1v) is 11.3. The second kappa shape index (κ2) is 10.5. The second-order valence-corrected chi connectivity index (χ2v) is 8.38. The lowest BCUT2D eigenvalue weighted by molar-refractivity contribution is 0.198. The van der Waals surface area contributed by atoms with Gasteiger partial charge in [0.25, 0.3) is 0 Å². The van der Waals surface area contributed by atoms with Crippen LogP contribution >= 0.6 is 0 Å². The van der Waals surface area contributed by atoms with E-state index in [-0.39, 0.29) is 6.61 Å². The van der Waals surface area contributed by atoms with Crippen molar-refractivity contribution in [2.24, 2.45) is 0 Å². The topological polar surface area (TPSA) is 50.7 Å². The summed E-state index contributed by atoms with van der Waals surface area (Å²) in [6.45, 7) is 5.37. The van der Waals surface area contributed by atoms with E-state index in [9.17, 15) is 0 Å². The van der Waals surface area contributed by atoms with Gasteiger partial charge in [0.1, 0.15) is 6.61 Å². The number of benzene rings is 1. The van der Waals surface area contributed by atoms with Crippen molar-refractivity contribution >= 4 is 5.95 Å². The molecule has 2 aromatic rings. The molecule has 0 bridgehead atoms. The summed E-state index contributed by atoms with van der Waals surface area (Å²) >= 11 is 0. The van der Waals surface area contributed by atoms with E-state index in [2.05, 4.69) is 38.9 Å². The van der Waals surface area contributed by atoms with Gasteiger partial charge in [-0.3, -0.25) is 4.90 Å². The highest BCUT2D eigenvalue weighted by Crippen LogP contribution is 2.31. The van der Waals surface area contributed by atoms with Gasteiger partial charge in [0.05, 0.1) is 12.8 Å². The molecular weight excluding hydrogens is 388 g/mol. The molecule has 1 atom stereocenters. The molecule has 6 nitrogen and oxygen atoms in total. The molecule has 0 radical (unpaired) electrons. The highest BCUT2D eigenvalue weighted by atomic mass is 16.5. The summed E-state index contributed by atoms with van der Waals surface area (Å²) in [5, 5.41) is 0. The van der Waals surface area contributed by atoms with Crippen molar-refractivity contribution in [3.63, 3.8) is 0 Å². The lowest BCUT2D eigenvalue weighted by Gasteiger charge is -2.33. The molecule has 0 amide bonds. The minimum atomic E-state index is 0.238. The average Bonchev–Trinajstić information content (AvgIpc) is 2.84. The molecule has 3 heterocycles. The lowest BCUT2D eigenvalue weighted by atomic mass is 9.94. The lowest BCUT2D eigenvalue weighted by Crippen LogP contribution is -2.35. The van der Waals surface area contributed by atoms with E-state index in [1.165, 1.54) is 43.4 Å². The molecule has 0 spiro atoms. The van der Waals surface area contributed by atoms with E-state index in [0.29, 0.717) is 11.7 Å². The zero-order valence-electron chi connectivity index (χ0n) is 18.4. The predicted molar refractivity (Wildman–Crippen MR) is 123 cm³/mol. The third kappa shape index (κ3) is 5.48. The van der Waals surface area contributed by atoms with Crippen LogP contribution in [0.15, 0.2) is 30.5 Å². The van der Waals surface area contributed by atoms with Gasteiger partial charge in [-0.1, -0.05) is 12.0 Å². The molecule has 2 aliphatic heterocycles. The van der Waals surface area contributed by atoms with Crippen molar-refractivity contribution in [1.82, 2.24) is 14.9 Å². The maximum absolute atomic E-state index is 5.57. The zero-order chi connectivity index (χ0) is 21.5. The van der Waals surface area contributed by atoms with Crippen LogP contribution in [0.5, 0.6) is 11.5 Å². The maximum atomic E-state index is 5.57. The van der Waals surface area contributed by atoms with Gasteiger partial charge in [-0.05, 0) is 62.4 Å². The number of ether oxygens (including phenoxy) is 2. The van der Waals surface area contributed by atoms with Crippen molar-refractivity contribution in [2.45, 2.75) is 44.6 Å². The minimum Gasteiger partial charge on any atom is -0.493 e. The second-order valence-electron chi connectivity index (χ2n) is 8.38. The first-order valence-electron chi connectivity index (χ1n) is 11.3. The van der Waals surface area contributed by atoms with Gasteiger partial charge in [-0.15, -0.1) is 6.42 Å². The molecular formula is C25H32N4O2. The highest BCUT2D eigenvalue weighted by Gasteiger charge is 2.24. The smallest absolute Gasteiger partial charge is 0.225 e. The standard InChI is InChI=1S/C25H32N4O2/c1-3-16-31-23-10-9-20(17-24(23)30-2)18-28-13-7-8-21(19-28)22-11-12-26-25(27-22)29-14-5-4-6-15-29/h1,9-12,17,21H,4-8,13-16,18-19H2,2H3. The van der Waals surface area contributed by atoms with Gasteiger partial charge in [-0.25, -0.2) is 9.97 Å². The number of likely N-dealkylation sites (tertiary alicyclic amines) is 1. The van der Waals surface area contributed by atoms with Crippen molar-refractivity contribution in [3.8, 4) is 23.8 Å². The van der Waals surface area contributed by atoms with Crippen molar-refractivity contribution < 1.29 is 9.47 Å². The van der Waals surface area contributed by atoms with Gasteiger partial charge in [0.2, 0.25) is 5.95 Å². The van der Waals surface area contributed by atoms with Gasteiger partial charge in [0.15, 0.2) is 11.5 Å². The van der Waals surface area contributed by atoms with E-state index >= 15 is 0 Å². The molecule has 4 rings (SSSR count). The van der Waals surface area contributed by atoms with E-state index in [0.717, 1.165) is 44.4 Å². The molecule has 2 fully saturated rings. The summed E-state index contributed by atoms with van der Waals surface area (Å²) in [7, 11) is 1.66. The van der Waals surface area contributed by atoms with E-state index < -0.39 is 0 Å². The molecule has 31 heavy (non-hydrogen) atoms. The van der Waals surface area contributed by atoms with Crippen LogP contribution in [0.1, 0.15) is 49.3 Å². The number of terminal acetylenes is 1. The zero-order valence-corrected chi connectivity index (χ0v) is 18.4. The Morgan fingerprint density at radius 3 is 2.77 bits per heavy atom. The molecule has 0 N–H and O–H groups in total. The molecule has 0 saturated carbocycles. The third-order valence-electron chi connectivity index (χ3n) is 6.17. The van der Waals surface area contributed by atoms with Crippen LogP contribution in [0.2, 0.25) is 0 Å². The number of aromatic nitrogens is 2. The van der Waals surface area contributed by atoms with Gasteiger partial charge in [0, 0.05) is 38.3 Å². The first-order chi connectivity index (χ1) is 15.3. The van der Waals surface area contributed by atoms with Crippen LogP contribution in [0.25, 0.3) is 0 Å². The molecule has 2 saturated heterocycles. The fourth-order valence-corrected chi connectivity index (χ4v) is 4.58. The van der Waals surface area contributed by atoms with Crippen molar-refractivity contribution in [3.05, 3.63) is 41.7 Å². The summed E-state index contributed by atoms with van der Waals surface area (Å²) in [5.74, 6) is 5.25. The summed E-state index contributed by atoms with van der Waals surface area (Å²) in [6, 6.07) is 8.19.